The van der Waals surface area contributed by atoms with Gasteiger partial charge in [-0.25, -0.2) is 4.18 Å². The molecule has 2 rings (SSSR count). The third kappa shape index (κ3) is 5.31. The van der Waals surface area contributed by atoms with E-state index in [4.69, 9.17) is 18.8 Å². The first kappa shape index (κ1) is 22.8. The van der Waals surface area contributed by atoms with Crippen molar-refractivity contribution in [2.75, 3.05) is 13.2 Å². The zero-order valence-electron chi connectivity index (χ0n) is 14.2. The van der Waals surface area contributed by atoms with Crippen molar-refractivity contribution in [3.05, 3.63) is 0 Å². The fourth-order valence-electron chi connectivity index (χ4n) is 2.92. The number of aliphatic hydroxyl groups excluding tert-OH is 6. The van der Waals surface area contributed by atoms with Crippen LogP contribution in [0, 0.1) is 0 Å². The lowest BCUT2D eigenvalue weighted by molar-refractivity contribution is -0.340. The predicted molar refractivity (Wildman–Crippen MR) is 82.5 cm³/mol. The molecule has 27 heavy (non-hydrogen) atoms. The second-order valence-electron chi connectivity index (χ2n) is 6.37. The molecule has 0 spiro atoms. The van der Waals surface area contributed by atoms with Crippen molar-refractivity contribution in [3.63, 3.8) is 0 Å². The molecule has 2 saturated heterocycles. The minimum Gasteiger partial charge on any atom is -0.394 e. The quantitative estimate of drug-likeness (QED) is 0.202. The fraction of sp³-hybridized carbons (Fsp3) is 1.00. The second-order valence-corrected chi connectivity index (χ2v) is 7.46. The molecular formula is C13H24O13S. The summed E-state index contributed by atoms with van der Waals surface area (Å²) in [4.78, 5) is 0. The molecule has 2 heterocycles. The molecule has 0 bridgehead atoms. The van der Waals surface area contributed by atoms with E-state index in [-0.39, 0.29) is 0 Å². The first-order valence-corrected chi connectivity index (χ1v) is 9.42. The van der Waals surface area contributed by atoms with Crippen molar-refractivity contribution in [1.82, 2.24) is 0 Å². The van der Waals surface area contributed by atoms with Gasteiger partial charge < -0.3 is 44.8 Å². The molecule has 0 saturated carbocycles. The number of aliphatic hydroxyl groups is 6. The average Bonchev–Trinajstić information content (AvgIpc) is 2.60. The molecule has 0 radical (unpaired) electrons. The van der Waals surface area contributed by atoms with Crippen LogP contribution in [0.25, 0.3) is 0 Å². The molecule has 10 atom stereocenters. The van der Waals surface area contributed by atoms with E-state index < -0.39 is 84.8 Å². The smallest absolute Gasteiger partial charge is 0.394 e. The number of hydrogen-bond donors (Lipinski definition) is 7. The normalized spacial score (nSPS) is 46.4. The van der Waals surface area contributed by atoms with Gasteiger partial charge in [0, 0.05) is 0 Å². The Labute approximate surface area is 154 Å². The maximum absolute atomic E-state index is 10.7. The van der Waals surface area contributed by atoms with Gasteiger partial charge in [0.15, 0.2) is 6.29 Å². The van der Waals surface area contributed by atoms with Gasteiger partial charge in [-0.05, 0) is 6.92 Å². The van der Waals surface area contributed by atoms with E-state index in [2.05, 4.69) is 4.18 Å². The summed E-state index contributed by atoms with van der Waals surface area (Å²) >= 11 is 0. The Balaban J connectivity index is 2.12. The van der Waals surface area contributed by atoms with Crippen molar-refractivity contribution in [2.24, 2.45) is 0 Å². The molecule has 7 N–H and O–H groups in total. The van der Waals surface area contributed by atoms with E-state index in [0.29, 0.717) is 0 Å². The first-order valence-electron chi connectivity index (χ1n) is 8.05. The van der Waals surface area contributed by atoms with E-state index in [1.165, 1.54) is 6.92 Å². The van der Waals surface area contributed by atoms with E-state index in [1.54, 1.807) is 0 Å². The first-order chi connectivity index (χ1) is 12.5. The monoisotopic (exact) mass is 420 g/mol. The highest BCUT2D eigenvalue weighted by atomic mass is 32.3. The van der Waals surface area contributed by atoms with Crippen LogP contribution >= 0.6 is 0 Å². The summed E-state index contributed by atoms with van der Waals surface area (Å²) in [6.45, 7) is -0.0555. The predicted octanol–water partition coefficient (Wildman–Crippen LogP) is -4.50. The van der Waals surface area contributed by atoms with Gasteiger partial charge in [0.05, 0.1) is 19.3 Å². The van der Waals surface area contributed by atoms with E-state index in [9.17, 15) is 39.1 Å². The third-order valence-electron chi connectivity index (χ3n) is 4.44. The summed E-state index contributed by atoms with van der Waals surface area (Å²) in [5, 5.41) is 59.3. The largest absolute Gasteiger partial charge is 0.397 e. The Hall–Kier alpha value is -0.490. The number of hydrogen-bond acceptors (Lipinski definition) is 12. The van der Waals surface area contributed by atoms with Gasteiger partial charge in [0.1, 0.15) is 48.8 Å². The van der Waals surface area contributed by atoms with E-state index in [1.807, 2.05) is 0 Å². The average molecular weight is 420 g/mol. The summed E-state index contributed by atoms with van der Waals surface area (Å²) in [6, 6.07) is 0. The summed E-state index contributed by atoms with van der Waals surface area (Å²) in [7, 11) is -4.86. The van der Waals surface area contributed by atoms with Gasteiger partial charge in [0.2, 0.25) is 0 Å². The highest BCUT2D eigenvalue weighted by Gasteiger charge is 2.49. The van der Waals surface area contributed by atoms with Gasteiger partial charge >= 0.3 is 10.4 Å². The van der Waals surface area contributed by atoms with Gasteiger partial charge in [-0.15, -0.1) is 0 Å². The van der Waals surface area contributed by atoms with E-state index in [0.717, 1.165) is 0 Å². The second kappa shape index (κ2) is 8.89. The van der Waals surface area contributed by atoms with Crippen molar-refractivity contribution in [2.45, 2.75) is 68.1 Å². The van der Waals surface area contributed by atoms with Crippen LogP contribution in [0.1, 0.15) is 6.92 Å². The standard InChI is InChI=1S/C13H24O13S/c1-4-7(15)10(18)12(5(2-14)24-4)26-13-11(19)9(17)8(16)6(25-13)3-23-27(20,21)22/h4-19H,2-3H2,1H3,(H,20,21,22)/t4-,5?,6?,7?,8?,9-,10+,11?,12?,13-/m0/s1. The highest BCUT2D eigenvalue weighted by Crippen LogP contribution is 2.29. The molecule has 0 aromatic heterocycles. The minimum atomic E-state index is -4.86. The van der Waals surface area contributed by atoms with Gasteiger partial charge in [-0.1, -0.05) is 0 Å². The Morgan fingerprint density at radius 2 is 1.52 bits per heavy atom. The van der Waals surface area contributed by atoms with Gasteiger partial charge in [0.25, 0.3) is 0 Å². The Bertz CT molecular complexity index is 583. The topological polar surface area (TPSA) is 213 Å². The molecule has 160 valence electrons. The SMILES string of the molecule is C[C@@H]1OC(CO)C(O[C@@H]2OC(COS(=O)(=O)O)C(O)[C@H](O)C2O)[C@H](O)C1O. The lowest BCUT2D eigenvalue weighted by Crippen LogP contribution is -2.64. The van der Waals surface area contributed by atoms with Crippen LogP contribution in [-0.2, 0) is 28.8 Å². The molecule has 2 aliphatic rings. The van der Waals surface area contributed by atoms with E-state index >= 15 is 0 Å². The summed E-state index contributed by atoms with van der Waals surface area (Å²) in [5.74, 6) is 0. The molecule has 0 aromatic carbocycles. The number of rotatable bonds is 6. The van der Waals surface area contributed by atoms with Crippen molar-refractivity contribution in [3.8, 4) is 0 Å². The molecule has 6 unspecified atom stereocenters. The van der Waals surface area contributed by atoms with Crippen LogP contribution in [0.4, 0.5) is 0 Å². The maximum atomic E-state index is 10.7. The molecular weight excluding hydrogens is 396 g/mol. The molecule has 2 aliphatic heterocycles. The van der Waals surface area contributed by atoms with Crippen molar-refractivity contribution < 1.29 is 62.0 Å². The van der Waals surface area contributed by atoms with Crippen LogP contribution < -0.4 is 0 Å². The van der Waals surface area contributed by atoms with Crippen LogP contribution in [0.5, 0.6) is 0 Å². The fourth-order valence-corrected chi connectivity index (χ4v) is 3.22. The van der Waals surface area contributed by atoms with Crippen LogP contribution in [0.2, 0.25) is 0 Å². The lowest BCUT2D eigenvalue weighted by atomic mass is 9.95. The maximum Gasteiger partial charge on any atom is 0.397 e. The highest BCUT2D eigenvalue weighted by molar-refractivity contribution is 7.80. The Morgan fingerprint density at radius 1 is 0.889 bits per heavy atom. The third-order valence-corrected chi connectivity index (χ3v) is 4.88. The summed E-state index contributed by atoms with van der Waals surface area (Å²) in [6.07, 6.45) is -14.9. The molecule has 14 heteroatoms. The Kier molecular flexibility index (Phi) is 7.51. The molecule has 13 nitrogen and oxygen atoms in total. The molecule has 0 aromatic rings. The number of ether oxygens (including phenoxy) is 3. The summed E-state index contributed by atoms with van der Waals surface area (Å²) in [5.41, 5.74) is 0. The molecule has 2 fully saturated rings. The van der Waals surface area contributed by atoms with Crippen LogP contribution in [0.15, 0.2) is 0 Å². The summed E-state index contributed by atoms with van der Waals surface area (Å²) < 4.78 is 49.9. The molecule has 0 amide bonds. The Morgan fingerprint density at radius 3 is 2.07 bits per heavy atom. The van der Waals surface area contributed by atoms with Gasteiger partial charge in [-0.3, -0.25) is 4.55 Å². The van der Waals surface area contributed by atoms with Crippen molar-refractivity contribution >= 4 is 10.4 Å². The van der Waals surface area contributed by atoms with Gasteiger partial charge in [-0.2, -0.15) is 8.42 Å². The van der Waals surface area contributed by atoms with Crippen LogP contribution in [0.3, 0.4) is 0 Å². The zero-order valence-corrected chi connectivity index (χ0v) is 15.0. The minimum absolute atomic E-state index is 0.609. The van der Waals surface area contributed by atoms with Crippen molar-refractivity contribution in [1.29, 1.82) is 0 Å². The van der Waals surface area contributed by atoms with Crippen LogP contribution in [-0.4, -0.2) is 118 Å². The molecule has 0 aliphatic carbocycles. The zero-order chi connectivity index (χ0) is 20.5. The lowest BCUT2D eigenvalue weighted by Gasteiger charge is -2.45.